The van der Waals surface area contributed by atoms with Crippen LogP contribution in [0.5, 0.6) is 0 Å². The fraction of sp³-hybridized carbons (Fsp3) is 0.350. The number of aryl methyl sites for hydroxylation is 2. The minimum Gasteiger partial charge on any atom is -0.310 e. The van der Waals surface area contributed by atoms with Crippen molar-refractivity contribution in [2.75, 3.05) is 0 Å². The summed E-state index contributed by atoms with van der Waals surface area (Å²) >= 11 is 0. The molecule has 0 radical (unpaired) electrons. The fourth-order valence-electron chi connectivity index (χ4n) is 3.11. The van der Waals surface area contributed by atoms with Crippen LogP contribution >= 0.6 is 0 Å². The van der Waals surface area contributed by atoms with Crippen LogP contribution in [0.4, 0.5) is 0 Å². The summed E-state index contributed by atoms with van der Waals surface area (Å²) in [7, 11) is 0. The molecule has 1 aliphatic carbocycles. The van der Waals surface area contributed by atoms with E-state index in [9.17, 15) is 4.79 Å². The summed E-state index contributed by atoms with van der Waals surface area (Å²) in [5.74, 6) is 1.34. The Kier molecular flexibility index (Phi) is 4.11. The maximum absolute atomic E-state index is 12.3. The molecule has 4 heteroatoms. The van der Waals surface area contributed by atoms with Crippen LogP contribution in [0.15, 0.2) is 47.4 Å². The Hall–Kier alpha value is -2.49. The molecule has 3 aromatic rings. The van der Waals surface area contributed by atoms with Gasteiger partial charge in [-0.3, -0.25) is 4.79 Å². The minimum atomic E-state index is -0.0620. The molecule has 2 aromatic heterocycles. The molecule has 2 heterocycles. The summed E-state index contributed by atoms with van der Waals surface area (Å²) in [4.78, 5) is 24.2. The van der Waals surface area contributed by atoms with Gasteiger partial charge in [0.2, 0.25) is 0 Å². The van der Waals surface area contributed by atoms with Gasteiger partial charge in [0.05, 0.1) is 5.39 Å². The molecule has 1 aliphatic rings. The summed E-state index contributed by atoms with van der Waals surface area (Å²) in [6.45, 7) is 0. The zero-order valence-electron chi connectivity index (χ0n) is 13.7. The normalized spacial score (nSPS) is 14.2. The van der Waals surface area contributed by atoms with Crippen LogP contribution < -0.4 is 5.56 Å². The molecule has 1 aromatic carbocycles. The molecule has 1 saturated carbocycles. The van der Waals surface area contributed by atoms with Crippen molar-refractivity contribution in [3.8, 4) is 0 Å². The molecule has 24 heavy (non-hydrogen) atoms. The Labute approximate surface area is 141 Å². The number of fused-ring (bicyclic) bond motifs is 1. The predicted molar refractivity (Wildman–Crippen MR) is 95.2 cm³/mol. The molecule has 0 aliphatic heterocycles. The zero-order valence-corrected chi connectivity index (χ0v) is 13.7. The number of unbranched alkanes of at least 4 members (excludes halogenated alkanes) is 1. The number of hydrogen-bond donors (Lipinski definition) is 1. The SMILES string of the molecule is O=c1[nH]c(CCCCc2ccccc2)nc2ncc(C3CC3)cc12. The lowest BCUT2D eigenvalue weighted by Gasteiger charge is -2.05. The maximum atomic E-state index is 12.3. The Morgan fingerprint density at radius 2 is 1.88 bits per heavy atom. The van der Waals surface area contributed by atoms with Gasteiger partial charge >= 0.3 is 0 Å². The molecule has 0 spiro atoms. The van der Waals surface area contributed by atoms with E-state index in [0.717, 1.165) is 31.5 Å². The number of H-pyrrole nitrogens is 1. The van der Waals surface area contributed by atoms with Gasteiger partial charge in [-0.05, 0) is 55.2 Å². The van der Waals surface area contributed by atoms with Crippen molar-refractivity contribution in [3.63, 3.8) is 0 Å². The van der Waals surface area contributed by atoms with E-state index < -0.39 is 0 Å². The first kappa shape index (κ1) is 15.1. The molecule has 4 rings (SSSR count). The molecule has 0 unspecified atom stereocenters. The minimum absolute atomic E-state index is 0.0620. The lowest BCUT2D eigenvalue weighted by molar-refractivity contribution is 0.707. The van der Waals surface area contributed by atoms with E-state index >= 15 is 0 Å². The van der Waals surface area contributed by atoms with Gasteiger partial charge in [0.1, 0.15) is 5.82 Å². The summed E-state index contributed by atoms with van der Waals surface area (Å²) in [5, 5.41) is 0.618. The molecule has 0 saturated heterocycles. The first-order chi connectivity index (χ1) is 11.8. The van der Waals surface area contributed by atoms with E-state index in [1.807, 2.05) is 18.3 Å². The topological polar surface area (TPSA) is 58.6 Å². The highest BCUT2D eigenvalue weighted by molar-refractivity contribution is 5.74. The second-order valence-electron chi connectivity index (χ2n) is 6.62. The van der Waals surface area contributed by atoms with Gasteiger partial charge in [-0.25, -0.2) is 9.97 Å². The largest absolute Gasteiger partial charge is 0.310 e. The number of pyridine rings is 1. The van der Waals surface area contributed by atoms with Crippen LogP contribution in [-0.4, -0.2) is 15.0 Å². The molecule has 0 atom stereocenters. The lowest BCUT2D eigenvalue weighted by Crippen LogP contribution is -2.13. The summed E-state index contributed by atoms with van der Waals surface area (Å²) in [6, 6.07) is 12.4. The molecule has 0 amide bonds. The van der Waals surface area contributed by atoms with Crippen LogP contribution in [-0.2, 0) is 12.8 Å². The van der Waals surface area contributed by atoms with E-state index in [-0.39, 0.29) is 5.56 Å². The quantitative estimate of drug-likeness (QED) is 0.704. The van der Waals surface area contributed by atoms with E-state index in [0.29, 0.717) is 17.0 Å². The molecule has 0 bridgehead atoms. The third-order valence-corrected chi connectivity index (χ3v) is 4.65. The van der Waals surface area contributed by atoms with E-state index in [1.54, 1.807) is 0 Å². The van der Waals surface area contributed by atoms with Gasteiger partial charge < -0.3 is 4.98 Å². The van der Waals surface area contributed by atoms with E-state index in [2.05, 4.69) is 39.2 Å². The smallest absolute Gasteiger partial charge is 0.260 e. The first-order valence-electron chi connectivity index (χ1n) is 8.72. The molecule has 1 N–H and O–H groups in total. The Bertz CT molecular complexity index is 898. The number of rotatable bonds is 6. The van der Waals surface area contributed by atoms with Gasteiger partial charge in [-0.2, -0.15) is 0 Å². The van der Waals surface area contributed by atoms with Crippen molar-refractivity contribution in [2.45, 2.75) is 44.4 Å². The maximum Gasteiger partial charge on any atom is 0.260 e. The first-order valence-corrected chi connectivity index (χ1v) is 8.72. The number of aromatic nitrogens is 3. The summed E-state index contributed by atoms with van der Waals surface area (Å²) < 4.78 is 0. The standard InChI is InChI=1S/C20H21N3O/c24-20-17-12-16(15-10-11-15)13-21-19(17)22-18(23-20)9-5-4-8-14-6-2-1-3-7-14/h1-3,6-7,12-13,15H,4-5,8-11H2,(H,21,22,23,24). The highest BCUT2D eigenvalue weighted by atomic mass is 16.1. The average Bonchev–Trinajstić information content (AvgIpc) is 3.45. The third kappa shape index (κ3) is 3.37. The van der Waals surface area contributed by atoms with Crippen molar-refractivity contribution in [1.29, 1.82) is 0 Å². The van der Waals surface area contributed by atoms with Crippen molar-refractivity contribution in [3.05, 3.63) is 69.9 Å². The average molecular weight is 319 g/mol. The van der Waals surface area contributed by atoms with E-state index in [4.69, 9.17) is 0 Å². The monoisotopic (exact) mass is 319 g/mol. The summed E-state index contributed by atoms with van der Waals surface area (Å²) in [6.07, 6.45) is 8.22. The zero-order chi connectivity index (χ0) is 16.4. The fourth-order valence-corrected chi connectivity index (χ4v) is 3.11. The molecular formula is C20H21N3O. The van der Waals surface area contributed by atoms with Gasteiger partial charge in [0, 0.05) is 12.6 Å². The van der Waals surface area contributed by atoms with Crippen LogP contribution in [0.25, 0.3) is 11.0 Å². The number of nitrogens with one attached hydrogen (secondary N) is 1. The molecule has 122 valence electrons. The number of nitrogens with zero attached hydrogens (tertiary/aromatic N) is 2. The highest BCUT2D eigenvalue weighted by Gasteiger charge is 2.24. The van der Waals surface area contributed by atoms with Crippen LogP contribution in [0.1, 0.15) is 48.6 Å². The van der Waals surface area contributed by atoms with Crippen LogP contribution in [0.3, 0.4) is 0 Å². The Morgan fingerprint density at radius 3 is 2.67 bits per heavy atom. The second-order valence-corrected chi connectivity index (χ2v) is 6.62. The molecular weight excluding hydrogens is 298 g/mol. The Balaban J connectivity index is 1.43. The molecule has 1 fully saturated rings. The van der Waals surface area contributed by atoms with Gasteiger partial charge in [0.25, 0.3) is 5.56 Å². The van der Waals surface area contributed by atoms with Crippen molar-refractivity contribution < 1.29 is 0 Å². The third-order valence-electron chi connectivity index (χ3n) is 4.65. The number of hydrogen-bond acceptors (Lipinski definition) is 3. The van der Waals surface area contributed by atoms with Gasteiger partial charge in [-0.1, -0.05) is 30.3 Å². The van der Waals surface area contributed by atoms with Crippen LogP contribution in [0, 0.1) is 0 Å². The highest BCUT2D eigenvalue weighted by Crippen LogP contribution is 2.39. The number of aromatic amines is 1. The van der Waals surface area contributed by atoms with Crippen molar-refractivity contribution >= 4 is 11.0 Å². The van der Waals surface area contributed by atoms with Crippen LogP contribution in [0.2, 0.25) is 0 Å². The summed E-state index contributed by atoms with van der Waals surface area (Å²) in [5.41, 5.74) is 3.03. The van der Waals surface area contributed by atoms with E-state index in [1.165, 1.54) is 24.0 Å². The second kappa shape index (κ2) is 6.56. The molecule has 4 nitrogen and oxygen atoms in total. The Morgan fingerprint density at radius 1 is 1.08 bits per heavy atom. The van der Waals surface area contributed by atoms with Crippen molar-refractivity contribution in [2.24, 2.45) is 0 Å². The predicted octanol–water partition coefficient (Wildman–Crippen LogP) is 3.76. The van der Waals surface area contributed by atoms with Gasteiger partial charge in [-0.15, -0.1) is 0 Å². The van der Waals surface area contributed by atoms with Crippen molar-refractivity contribution in [1.82, 2.24) is 15.0 Å². The number of benzene rings is 1. The lowest BCUT2D eigenvalue weighted by atomic mass is 10.1. The van der Waals surface area contributed by atoms with Gasteiger partial charge in [0.15, 0.2) is 5.65 Å².